The van der Waals surface area contributed by atoms with Gasteiger partial charge in [-0.05, 0) is 44.5 Å². The summed E-state index contributed by atoms with van der Waals surface area (Å²) in [7, 11) is 0. The molecule has 2 heterocycles. The van der Waals surface area contributed by atoms with Gasteiger partial charge in [-0.25, -0.2) is 9.18 Å². The van der Waals surface area contributed by atoms with Crippen LogP contribution in [0.5, 0.6) is 0 Å². The highest BCUT2D eigenvalue weighted by Gasteiger charge is 2.26. The van der Waals surface area contributed by atoms with Crippen molar-refractivity contribution < 1.29 is 13.9 Å². The van der Waals surface area contributed by atoms with Crippen molar-refractivity contribution in [2.75, 3.05) is 31.1 Å². The Hall–Kier alpha value is -2.63. The lowest BCUT2D eigenvalue weighted by molar-refractivity contribution is 0.0240. The van der Waals surface area contributed by atoms with Gasteiger partial charge in [-0.2, -0.15) is 0 Å². The van der Waals surface area contributed by atoms with Crippen LogP contribution in [0.4, 0.5) is 14.9 Å². The number of carbonyl (C=O) groups excluding carboxylic acids is 1. The molecule has 0 saturated carbocycles. The number of piperazine rings is 1. The summed E-state index contributed by atoms with van der Waals surface area (Å²) >= 11 is 0. The van der Waals surface area contributed by atoms with Gasteiger partial charge in [-0.1, -0.05) is 12.1 Å². The predicted octanol–water partition coefficient (Wildman–Crippen LogP) is 3.94. The highest BCUT2D eigenvalue weighted by molar-refractivity contribution is 5.69. The van der Waals surface area contributed by atoms with Crippen LogP contribution in [0.15, 0.2) is 42.7 Å². The molecule has 26 heavy (non-hydrogen) atoms. The molecule has 0 unspecified atom stereocenters. The molecule has 5 nitrogen and oxygen atoms in total. The molecule has 0 atom stereocenters. The Morgan fingerprint density at radius 1 is 1.04 bits per heavy atom. The van der Waals surface area contributed by atoms with Crippen molar-refractivity contribution >= 4 is 11.8 Å². The number of hydrogen-bond acceptors (Lipinski definition) is 4. The van der Waals surface area contributed by atoms with Crippen molar-refractivity contribution in [3.05, 3.63) is 48.5 Å². The van der Waals surface area contributed by atoms with E-state index >= 15 is 0 Å². The van der Waals surface area contributed by atoms with Crippen LogP contribution in [-0.4, -0.2) is 47.8 Å². The minimum Gasteiger partial charge on any atom is -0.444 e. The van der Waals surface area contributed by atoms with Gasteiger partial charge >= 0.3 is 6.09 Å². The smallest absolute Gasteiger partial charge is 0.410 e. The SMILES string of the molecule is CC(C)(C)OC(=O)N1CCN(c2cncc(-c3ccc(F)cc3)c2)CC1. The van der Waals surface area contributed by atoms with Crippen LogP contribution in [-0.2, 0) is 4.74 Å². The number of halogens is 1. The second-order valence-corrected chi connectivity index (χ2v) is 7.39. The monoisotopic (exact) mass is 357 g/mol. The number of anilines is 1. The van der Waals surface area contributed by atoms with E-state index in [0.29, 0.717) is 26.2 Å². The molecular weight excluding hydrogens is 333 g/mol. The molecule has 0 aliphatic carbocycles. The van der Waals surface area contributed by atoms with Crippen molar-refractivity contribution in [3.63, 3.8) is 0 Å². The minimum absolute atomic E-state index is 0.254. The van der Waals surface area contributed by atoms with Crippen molar-refractivity contribution in [2.45, 2.75) is 26.4 Å². The van der Waals surface area contributed by atoms with Gasteiger partial charge in [0.15, 0.2) is 0 Å². The molecule has 1 aliphatic rings. The van der Waals surface area contributed by atoms with E-state index in [1.807, 2.05) is 33.0 Å². The van der Waals surface area contributed by atoms with E-state index in [9.17, 15) is 9.18 Å². The lowest BCUT2D eigenvalue weighted by Gasteiger charge is -2.36. The number of nitrogens with zero attached hydrogens (tertiary/aromatic N) is 3. The summed E-state index contributed by atoms with van der Waals surface area (Å²) in [6, 6.07) is 8.43. The summed E-state index contributed by atoms with van der Waals surface area (Å²) in [5.41, 5.74) is 2.38. The molecule has 0 radical (unpaired) electrons. The number of pyridine rings is 1. The molecule has 138 valence electrons. The number of rotatable bonds is 2. The Labute approximate surface area is 153 Å². The van der Waals surface area contributed by atoms with Crippen molar-refractivity contribution in [1.82, 2.24) is 9.88 Å². The molecular formula is C20H24FN3O2. The highest BCUT2D eigenvalue weighted by Crippen LogP contribution is 2.24. The Morgan fingerprint density at radius 3 is 2.31 bits per heavy atom. The Balaban J connectivity index is 1.65. The van der Waals surface area contributed by atoms with Gasteiger partial charge in [-0.15, -0.1) is 0 Å². The van der Waals surface area contributed by atoms with Crippen molar-refractivity contribution in [1.29, 1.82) is 0 Å². The Bertz CT molecular complexity index is 763. The summed E-state index contributed by atoms with van der Waals surface area (Å²) in [5, 5.41) is 0. The van der Waals surface area contributed by atoms with Gasteiger partial charge < -0.3 is 14.5 Å². The Morgan fingerprint density at radius 2 is 1.69 bits per heavy atom. The third-order valence-corrected chi connectivity index (χ3v) is 4.20. The van der Waals surface area contributed by atoms with Crippen molar-refractivity contribution in [3.8, 4) is 11.1 Å². The summed E-state index contributed by atoms with van der Waals surface area (Å²) in [6.45, 7) is 8.25. The summed E-state index contributed by atoms with van der Waals surface area (Å²) in [6.07, 6.45) is 3.32. The van der Waals surface area contributed by atoms with Gasteiger partial charge in [0.25, 0.3) is 0 Å². The fourth-order valence-electron chi connectivity index (χ4n) is 2.87. The van der Waals surface area contributed by atoms with Crippen molar-refractivity contribution in [2.24, 2.45) is 0 Å². The molecule has 1 amide bonds. The second kappa shape index (κ2) is 7.32. The van der Waals surface area contributed by atoms with Gasteiger partial charge in [0.1, 0.15) is 11.4 Å². The average molecular weight is 357 g/mol. The summed E-state index contributed by atoms with van der Waals surface area (Å²) < 4.78 is 18.5. The van der Waals surface area contributed by atoms with Crippen LogP contribution in [0.1, 0.15) is 20.8 Å². The van der Waals surface area contributed by atoms with Crippen LogP contribution in [0.2, 0.25) is 0 Å². The van der Waals surface area contributed by atoms with E-state index in [4.69, 9.17) is 4.74 Å². The first-order valence-corrected chi connectivity index (χ1v) is 8.76. The van der Waals surface area contributed by atoms with E-state index in [-0.39, 0.29) is 11.9 Å². The molecule has 1 aliphatic heterocycles. The first kappa shape index (κ1) is 18.2. The summed E-state index contributed by atoms with van der Waals surface area (Å²) in [4.78, 5) is 20.4. The quantitative estimate of drug-likeness (QED) is 0.817. The lowest BCUT2D eigenvalue weighted by atomic mass is 10.1. The molecule has 0 spiro atoms. The number of aromatic nitrogens is 1. The Kier molecular flexibility index (Phi) is 5.11. The van der Waals surface area contributed by atoms with Gasteiger partial charge in [-0.3, -0.25) is 4.98 Å². The third-order valence-electron chi connectivity index (χ3n) is 4.20. The maximum Gasteiger partial charge on any atom is 0.410 e. The number of ether oxygens (including phenoxy) is 1. The first-order valence-electron chi connectivity index (χ1n) is 8.76. The molecule has 1 saturated heterocycles. The fraction of sp³-hybridized carbons (Fsp3) is 0.400. The number of benzene rings is 1. The van der Waals surface area contributed by atoms with Gasteiger partial charge in [0.2, 0.25) is 0 Å². The number of carbonyl (C=O) groups is 1. The first-order chi connectivity index (χ1) is 12.3. The number of hydrogen-bond donors (Lipinski definition) is 0. The van der Waals surface area contributed by atoms with E-state index in [1.165, 1.54) is 12.1 Å². The van der Waals surface area contributed by atoms with E-state index < -0.39 is 5.60 Å². The molecule has 0 bridgehead atoms. The molecule has 0 N–H and O–H groups in total. The maximum absolute atomic E-state index is 13.1. The van der Waals surface area contributed by atoms with Gasteiger partial charge in [0.05, 0.1) is 11.9 Å². The highest BCUT2D eigenvalue weighted by atomic mass is 19.1. The maximum atomic E-state index is 13.1. The zero-order valence-corrected chi connectivity index (χ0v) is 15.4. The zero-order valence-electron chi connectivity index (χ0n) is 15.4. The average Bonchev–Trinajstić information content (AvgIpc) is 2.61. The van der Waals surface area contributed by atoms with Crippen LogP contribution in [0, 0.1) is 5.82 Å². The van der Waals surface area contributed by atoms with E-state index in [2.05, 4.69) is 9.88 Å². The normalized spacial score (nSPS) is 15.1. The minimum atomic E-state index is -0.484. The topological polar surface area (TPSA) is 45.7 Å². The lowest BCUT2D eigenvalue weighted by Crippen LogP contribution is -2.50. The summed E-state index contributed by atoms with van der Waals surface area (Å²) in [5.74, 6) is -0.254. The second-order valence-electron chi connectivity index (χ2n) is 7.39. The van der Waals surface area contributed by atoms with Crippen LogP contribution in [0.3, 0.4) is 0 Å². The van der Waals surface area contributed by atoms with E-state index in [1.54, 1.807) is 23.2 Å². The molecule has 2 aromatic rings. The molecule has 1 aromatic carbocycles. The molecule has 1 aromatic heterocycles. The third kappa shape index (κ3) is 4.50. The van der Waals surface area contributed by atoms with E-state index in [0.717, 1.165) is 16.8 Å². The van der Waals surface area contributed by atoms with Crippen LogP contribution >= 0.6 is 0 Å². The van der Waals surface area contributed by atoms with Crippen LogP contribution < -0.4 is 4.90 Å². The standard InChI is InChI=1S/C20H24FN3O2/c1-20(2,3)26-19(25)24-10-8-23(9-11-24)18-12-16(13-22-14-18)15-4-6-17(21)7-5-15/h4-7,12-14H,8-11H2,1-3H3. The molecule has 3 rings (SSSR count). The van der Waals surface area contributed by atoms with Crippen LogP contribution in [0.25, 0.3) is 11.1 Å². The predicted molar refractivity (Wildman–Crippen MR) is 99.7 cm³/mol. The number of amides is 1. The zero-order chi connectivity index (χ0) is 18.7. The largest absolute Gasteiger partial charge is 0.444 e. The molecule has 6 heteroatoms. The fourth-order valence-corrected chi connectivity index (χ4v) is 2.87. The van der Waals surface area contributed by atoms with Gasteiger partial charge in [0, 0.05) is 37.9 Å². The molecule has 1 fully saturated rings.